The summed E-state index contributed by atoms with van der Waals surface area (Å²) in [5.74, 6) is 0.693. The Bertz CT molecular complexity index is 415. The van der Waals surface area contributed by atoms with Gasteiger partial charge in [-0.05, 0) is 25.0 Å². The molecular formula is C15H19BrCl2O. The molecule has 0 saturated heterocycles. The normalized spacial score (nSPS) is 18.9. The molecule has 2 rings (SSSR count). The second-order valence-electron chi connectivity index (χ2n) is 5.39. The van der Waals surface area contributed by atoms with Gasteiger partial charge in [0.15, 0.2) is 0 Å². The van der Waals surface area contributed by atoms with Gasteiger partial charge in [0.25, 0.3) is 0 Å². The average molecular weight is 366 g/mol. The smallest absolute Gasteiger partial charge is 0.139 e. The molecule has 1 nitrogen and oxygen atoms in total. The third-order valence-electron chi connectivity index (χ3n) is 3.90. The summed E-state index contributed by atoms with van der Waals surface area (Å²) in [6.07, 6.45) is 7.70. The third-order valence-corrected chi connectivity index (χ3v) is 5.89. The zero-order chi connectivity index (χ0) is 13.7. The largest absolute Gasteiger partial charge is 0.491 e. The topological polar surface area (TPSA) is 9.23 Å². The van der Waals surface area contributed by atoms with E-state index >= 15 is 0 Å². The Morgan fingerprint density at radius 1 is 1.11 bits per heavy atom. The maximum Gasteiger partial charge on any atom is 0.139 e. The summed E-state index contributed by atoms with van der Waals surface area (Å²) in [5, 5.41) is 2.05. The molecule has 0 spiro atoms. The summed E-state index contributed by atoms with van der Waals surface area (Å²) in [6, 6.07) is 5.53. The van der Waals surface area contributed by atoms with Crippen LogP contribution in [0.25, 0.3) is 0 Å². The van der Waals surface area contributed by atoms with E-state index in [1.807, 2.05) is 12.1 Å². The Kier molecular flexibility index (Phi) is 5.86. The minimum Gasteiger partial charge on any atom is -0.491 e. The molecule has 0 amide bonds. The number of benzene rings is 1. The highest BCUT2D eigenvalue weighted by Crippen LogP contribution is 2.39. The first kappa shape index (κ1) is 15.5. The number of ether oxygens (including phenoxy) is 1. The second-order valence-corrected chi connectivity index (χ2v) is 6.73. The van der Waals surface area contributed by atoms with Gasteiger partial charge >= 0.3 is 0 Å². The van der Waals surface area contributed by atoms with E-state index in [2.05, 4.69) is 15.9 Å². The van der Waals surface area contributed by atoms with E-state index in [1.165, 1.54) is 38.5 Å². The van der Waals surface area contributed by atoms with Crippen molar-refractivity contribution in [2.45, 2.75) is 38.5 Å². The van der Waals surface area contributed by atoms with E-state index in [1.54, 1.807) is 6.07 Å². The lowest BCUT2D eigenvalue weighted by molar-refractivity contribution is 0.149. The molecular weight excluding hydrogens is 347 g/mol. The molecule has 0 heterocycles. The Morgan fingerprint density at radius 3 is 2.42 bits per heavy atom. The molecule has 0 aromatic heterocycles. The van der Waals surface area contributed by atoms with Crippen molar-refractivity contribution in [2.75, 3.05) is 11.9 Å². The van der Waals surface area contributed by atoms with Crippen LogP contribution >= 0.6 is 39.1 Å². The van der Waals surface area contributed by atoms with Crippen molar-refractivity contribution in [2.24, 2.45) is 5.41 Å². The van der Waals surface area contributed by atoms with Gasteiger partial charge in [-0.1, -0.05) is 70.9 Å². The molecule has 0 atom stereocenters. The zero-order valence-electron chi connectivity index (χ0n) is 10.9. The van der Waals surface area contributed by atoms with Crippen LogP contribution in [-0.4, -0.2) is 11.9 Å². The first-order valence-electron chi connectivity index (χ1n) is 6.80. The zero-order valence-corrected chi connectivity index (χ0v) is 14.0. The Hall–Kier alpha value is 0.0800. The van der Waals surface area contributed by atoms with Gasteiger partial charge in [0.2, 0.25) is 0 Å². The van der Waals surface area contributed by atoms with Crippen molar-refractivity contribution in [3.8, 4) is 5.75 Å². The number of hydrogen-bond acceptors (Lipinski definition) is 1. The Morgan fingerprint density at radius 2 is 1.79 bits per heavy atom. The predicted molar refractivity (Wildman–Crippen MR) is 85.9 cm³/mol. The van der Waals surface area contributed by atoms with Crippen LogP contribution in [0.4, 0.5) is 0 Å². The van der Waals surface area contributed by atoms with Crippen molar-refractivity contribution in [3.63, 3.8) is 0 Å². The fourth-order valence-electron chi connectivity index (χ4n) is 2.62. The second kappa shape index (κ2) is 7.19. The highest BCUT2D eigenvalue weighted by molar-refractivity contribution is 9.09. The lowest BCUT2D eigenvalue weighted by atomic mass is 9.83. The number of hydrogen-bond donors (Lipinski definition) is 0. The van der Waals surface area contributed by atoms with Crippen LogP contribution in [0, 0.1) is 5.41 Å². The quantitative estimate of drug-likeness (QED) is 0.462. The van der Waals surface area contributed by atoms with Crippen molar-refractivity contribution in [3.05, 3.63) is 28.2 Å². The third kappa shape index (κ3) is 4.03. The average Bonchev–Trinajstić information content (AvgIpc) is 2.67. The lowest BCUT2D eigenvalue weighted by Gasteiger charge is -2.30. The fourth-order valence-corrected chi connectivity index (χ4v) is 3.69. The molecule has 1 aromatic carbocycles. The number of alkyl halides is 1. The molecule has 1 aromatic rings. The van der Waals surface area contributed by atoms with E-state index in [9.17, 15) is 0 Å². The summed E-state index contributed by atoms with van der Waals surface area (Å²) < 4.78 is 5.96. The summed E-state index contributed by atoms with van der Waals surface area (Å²) in [7, 11) is 0. The first-order chi connectivity index (χ1) is 9.17. The molecule has 4 heteroatoms. The van der Waals surface area contributed by atoms with Gasteiger partial charge in [-0.25, -0.2) is 0 Å². The molecule has 19 heavy (non-hydrogen) atoms. The van der Waals surface area contributed by atoms with Gasteiger partial charge in [0, 0.05) is 10.7 Å². The summed E-state index contributed by atoms with van der Waals surface area (Å²) in [6.45, 7) is 0.707. The number of rotatable bonds is 4. The molecule has 1 fully saturated rings. The van der Waals surface area contributed by atoms with Gasteiger partial charge in [0.1, 0.15) is 10.8 Å². The fraction of sp³-hybridized carbons (Fsp3) is 0.600. The Balaban J connectivity index is 2.04. The molecule has 0 unspecified atom stereocenters. The molecule has 1 aliphatic rings. The van der Waals surface area contributed by atoms with Crippen molar-refractivity contribution < 1.29 is 4.74 Å². The summed E-state index contributed by atoms with van der Waals surface area (Å²) in [5.41, 5.74) is 0.238. The van der Waals surface area contributed by atoms with E-state index in [0.717, 1.165) is 5.33 Å². The van der Waals surface area contributed by atoms with Crippen molar-refractivity contribution >= 4 is 39.1 Å². The van der Waals surface area contributed by atoms with Crippen molar-refractivity contribution in [1.29, 1.82) is 0 Å². The molecule has 0 N–H and O–H groups in total. The molecule has 0 aliphatic heterocycles. The standard InChI is InChI=1S/C15H19BrCl2O/c16-10-15(8-3-1-2-4-9-15)11-19-13-7-5-6-12(17)14(13)18/h5-7H,1-4,8-11H2. The maximum absolute atomic E-state index is 6.16. The van der Waals surface area contributed by atoms with Crippen LogP contribution in [0.15, 0.2) is 18.2 Å². The van der Waals surface area contributed by atoms with E-state index in [-0.39, 0.29) is 5.41 Å². The lowest BCUT2D eigenvalue weighted by Crippen LogP contribution is -2.30. The highest BCUT2D eigenvalue weighted by atomic mass is 79.9. The maximum atomic E-state index is 6.16. The molecule has 106 valence electrons. The summed E-state index contributed by atoms with van der Waals surface area (Å²) in [4.78, 5) is 0. The summed E-state index contributed by atoms with van der Waals surface area (Å²) >= 11 is 15.8. The van der Waals surface area contributed by atoms with Crippen LogP contribution in [0.5, 0.6) is 5.75 Å². The predicted octanol–water partition coefficient (Wildman–Crippen LogP) is 6.11. The minimum atomic E-state index is 0.238. The minimum absolute atomic E-state index is 0.238. The van der Waals surface area contributed by atoms with Gasteiger partial charge in [-0.3, -0.25) is 0 Å². The van der Waals surface area contributed by atoms with E-state index < -0.39 is 0 Å². The molecule has 1 aliphatic carbocycles. The van der Waals surface area contributed by atoms with Crippen LogP contribution in [0.1, 0.15) is 38.5 Å². The molecule has 1 saturated carbocycles. The first-order valence-corrected chi connectivity index (χ1v) is 8.67. The van der Waals surface area contributed by atoms with E-state index in [4.69, 9.17) is 27.9 Å². The Labute approximate surface area is 133 Å². The van der Waals surface area contributed by atoms with Gasteiger partial charge < -0.3 is 4.74 Å². The van der Waals surface area contributed by atoms with Crippen LogP contribution in [0.2, 0.25) is 10.0 Å². The monoisotopic (exact) mass is 364 g/mol. The molecule has 0 bridgehead atoms. The van der Waals surface area contributed by atoms with Gasteiger partial charge in [-0.2, -0.15) is 0 Å². The van der Waals surface area contributed by atoms with Crippen LogP contribution in [-0.2, 0) is 0 Å². The molecule has 0 radical (unpaired) electrons. The van der Waals surface area contributed by atoms with E-state index in [0.29, 0.717) is 22.4 Å². The van der Waals surface area contributed by atoms with Gasteiger partial charge in [-0.15, -0.1) is 0 Å². The van der Waals surface area contributed by atoms with Crippen LogP contribution < -0.4 is 4.74 Å². The number of halogens is 3. The van der Waals surface area contributed by atoms with Crippen LogP contribution in [0.3, 0.4) is 0 Å². The SMILES string of the molecule is Clc1cccc(OCC2(CBr)CCCCCC2)c1Cl. The van der Waals surface area contributed by atoms with Crippen molar-refractivity contribution in [1.82, 2.24) is 0 Å². The highest BCUT2D eigenvalue weighted by Gasteiger charge is 2.31. The van der Waals surface area contributed by atoms with Gasteiger partial charge in [0.05, 0.1) is 11.6 Å².